The van der Waals surface area contributed by atoms with Crippen LogP contribution in [0.1, 0.15) is 51.6 Å². The van der Waals surface area contributed by atoms with Gasteiger partial charge in [0.2, 0.25) is 10.0 Å². The fraction of sp³-hybridized carbons (Fsp3) is 0.308. The van der Waals surface area contributed by atoms with Gasteiger partial charge in [0.05, 0.1) is 4.90 Å². The number of hydrogen-bond donors (Lipinski definition) is 0. The van der Waals surface area contributed by atoms with Gasteiger partial charge in [0.15, 0.2) is 11.6 Å². The zero-order valence-electron chi connectivity index (χ0n) is 18.0. The summed E-state index contributed by atoms with van der Waals surface area (Å²) in [6.07, 6.45) is 3.32. The van der Waals surface area contributed by atoms with Crippen molar-refractivity contribution in [1.82, 2.24) is 4.31 Å². The maximum absolute atomic E-state index is 13.5. The minimum atomic E-state index is -3.73. The van der Waals surface area contributed by atoms with E-state index in [2.05, 4.69) is 12.1 Å². The molecule has 1 aliphatic carbocycles. The fourth-order valence-electron chi connectivity index (χ4n) is 5.07. The minimum Gasteiger partial charge on any atom is -0.295 e. The average Bonchev–Trinajstić information content (AvgIpc) is 3.24. The fourth-order valence-corrected chi connectivity index (χ4v) is 6.59. The van der Waals surface area contributed by atoms with Crippen LogP contribution in [-0.4, -0.2) is 37.4 Å². The summed E-state index contributed by atoms with van der Waals surface area (Å²) in [5, 5.41) is 2.19. The molecule has 0 saturated carbocycles. The number of carbonyl (C=O) groups excluding carboxylic acids is 2. The number of piperidine rings is 1. The number of hydrogen-bond acceptors (Lipinski definition) is 4. The number of Topliss-reactive ketones (excluding diaryl/α,β-unsaturated/α-hetero) is 2. The van der Waals surface area contributed by atoms with Gasteiger partial charge < -0.3 is 0 Å². The molecule has 1 fully saturated rings. The Hall–Kier alpha value is -2.83. The molecule has 2 aliphatic rings. The summed E-state index contributed by atoms with van der Waals surface area (Å²) in [4.78, 5) is 25.2. The van der Waals surface area contributed by atoms with E-state index in [0.717, 1.165) is 18.2 Å². The van der Waals surface area contributed by atoms with Gasteiger partial charge in [-0.3, -0.25) is 9.59 Å². The SMILES string of the molecule is CC(=O)c1ccc(S(=O)(=O)N2CCC[C@@H](C(=O)c3ccc4c5c(cccc35)CC4)C2)cc1. The van der Waals surface area contributed by atoms with Crippen LogP contribution in [0.2, 0.25) is 0 Å². The third-order valence-corrected chi connectivity index (χ3v) is 8.68. The Morgan fingerprint density at radius 3 is 2.38 bits per heavy atom. The number of sulfonamides is 1. The smallest absolute Gasteiger partial charge is 0.243 e. The lowest BCUT2D eigenvalue weighted by molar-refractivity contribution is 0.0873. The van der Waals surface area contributed by atoms with Gasteiger partial charge in [-0.05, 0) is 66.6 Å². The van der Waals surface area contributed by atoms with E-state index in [1.807, 2.05) is 18.2 Å². The zero-order valence-corrected chi connectivity index (χ0v) is 18.8. The van der Waals surface area contributed by atoms with Gasteiger partial charge in [0.25, 0.3) is 0 Å². The molecule has 1 atom stereocenters. The molecule has 0 amide bonds. The zero-order chi connectivity index (χ0) is 22.5. The first kappa shape index (κ1) is 21.0. The van der Waals surface area contributed by atoms with Crippen molar-refractivity contribution in [3.8, 4) is 0 Å². The van der Waals surface area contributed by atoms with Gasteiger partial charge in [-0.2, -0.15) is 4.31 Å². The number of rotatable bonds is 5. The van der Waals surface area contributed by atoms with Crippen LogP contribution in [-0.2, 0) is 22.9 Å². The third-order valence-electron chi connectivity index (χ3n) is 6.80. The van der Waals surface area contributed by atoms with E-state index in [0.29, 0.717) is 30.5 Å². The van der Waals surface area contributed by atoms with Gasteiger partial charge in [0.1, 0.15) is 0 Å². The van der Waals surface area contributed by atoms with E-state index in [1.54, 1.807) is 0 Å². The summed E-state index contributed by atoms with van der Waals surface area (Å²) in [6, 6.07) is 16.1. The number of aryl methyl sites for hydroxylation is 2. The van der Waals surface area contributed by atoms with Crippen LogP contribution in [0.15, 0.2) is 59.5 Å². The molecule has 5 nitrogen and oxygen atoms in total. The van der Waals surface area contributed by atoms with Crippen molar-refractivity contribution >= 4 is 32.4 Å². The molecule has 3 aromatic rings. The molecule has 164 valence electrons. The Morgan fingerprint density at radius 1 is 0.938 bits per heavy atom. The molecule has 1 heterocycles. The molecule has 6 heteroatoms. The number of carbonyl (C=O) groups is 2. The highest BCUT2D eigenvalue weighted by atomic mass is 32.2. The van der Waals surface area contributed by atoms with Crippen molar-refractivity contribution in [2.45, 2.75) is 37.5 Å². The maximum atomic E-state index is 13.5. The largest absolute Gasteiger partial charge is 0.295 e. The Kier molecular flexibility index (Phi) is 5.22. The summed E-state index contributed by atoms with van der Waals surface area (Å²) < 4.78 is 27.8. The quantitative estimate of drug-likeness (QED) is 0.543. The third kappa shape index (κ3) is 3.48. The molecule has 0 N–H and O–H groups in total. The molecule has 32 heavy (non-hydrogen) atoms. The van der Waals surface area contributed by atoms with Crippen molar-refractivity contribution in [2.75, 3.05) is 13.1 Å². The van der Waals surface area contributed by atoms with Crippen LogP contribution in [0.4, 0.5) is 0 Å². The summed E-state index contributed by atoms with van der Waals surface area (Å²) in [5.41, 5.74) is 3.74. The topological polar surface area (TPSA) is 71.5 Å². The lowest BCUT2D eigenvalue weighted by Gasteiger charge is -2.31. The molecular weight excluding hydrogens is 422 g/mol. The Balaban J connectivity index is 1.43. The van der Waals surface area contributed by atoms with Crippen molar-refractivity contribution in [3.05, 3.63) is 76.9 Å². The lowest BCUT2D eigenvalue weighted by atomic mass is 9.88. The Morgan fingerprint density at radius 2 is 1.66 bits per heavy atom. The highest BCUT2D eigenvalue weighted by molar-refractivity contribution is 7.89. The molecule has 0 bridgehead atoms. The monoisotopic (exact) mass is 447 g/mol. The first-order valence-corrected chi connectivity index (χ1v) is 12.5. The van der Waals surface area contributed by atoms with E-state index in [9.17, 15) is 18.0 Å². The van der Waals surface area contributed by atoms with Crippen LogP contribution < -0.4 is 0 Å². The second-order valence-electron chi connectivity index (χ2n) is 8.76. The molecule has 0 aromatic heterocycles. The van der Waals surface area contributed by atoms with Crippen LogP contribution in [0, 0.1) is 5.92 Å². The summed E-state index contributed by atoms with van der Waals surface area (Å²) in [7, 11) is -3.73. The van der Waals surface area contributed by atoms with E-state index in [1.165, 1.54) is 52.0 Å². The lowest BCUT2D eigenvalue weighted by Crippen LogP contribution is -2.42. The predicted octanol–water partition coefficient (Wildman–Crippen LogP) is 4.42. The van der Waals surface area contributed by atoms with Crippen LogP contribution >= 0.6 is 0 Å². The summed E-state index contributed by atoms with van der Waals surface area (Å²) in [6.45, 7) is 2.02. The van der Waals surface area contributed by atoms with E-state index < -0.39 is 10.0 Å². The average molecular weight is 448 g/mol. The molecule has 0 radical (unpaired) electrons. The van der Waals surface area contributed by atoms with Crippen LogP contribution in [0.25, 0.3) is 10.8 Å². The summed E-state index contributed by atoms with van der Waals surface area (Å²) in [5.74, 6) is -0.455. The highest BCUT2D eigenvalue weighted by Gasteiger charge is 2.34. The predicted molar refractivity (Wildman–Crippen MR) is 124 cm³/mol. The van der Waals surface area contributed by atoms with Gasteiger partial charge in [-0.25, -0.2) is 8.42 Å². The standard InChI is InChI=1S/C26H25NO4S/c1-17(28)18-9-12-22(13-10-18)32(30,31)27-15-3-5-21(16-27)26(29)24-14-11-20-8-7-19-4-2-6-23(24)25(19)20/h2,4,6,9-14,21H,3,5,7-8,15-16H2,1H3/t21-/m1/s1. The number of benzene rings is 3. The Bertz CT molecular complexity index is 1330. The maximum Gasteiger partial charge on any atom is 0.243 e. The van der Waals surface area contributed by atoms with Gasteiger partial charge in [-0.1, -0.05) is 42.5 Å². The second-order valence-corrected chi connectivity index (χ2v) is 10.7. The number of nitrogens with zero attached hydrogens (tertiary/aromatic N) is 1. The first-order valence-electron chi connectivity index (χ1n) is 11.0. The molecule has 5 rings (SSSR count). The van der Waals surface area contributed by atoms with Crippen LogP contribution in [0.5, 0.6) is 0 Å². The Labute approximate surface area is 188 Å². The first-order chi connectivity index (χ1) is 15.4. The van der Waals surface area contributed by atoms with Gasteiger partial charge >= 0.3 is 0 Å². The number of ketones is 2. The normalized spacial score (nSPS) is 18.7. The van der Waals surface area contributed by atoms with Gasteiger partial charge in [0, 0.05) is 30.1 Å². The van der Waals surface area contributed by atoms with Crippen molar-refractivity contribution in [3.63, 3.8) is 0 Å². The molecule has 1 aliphatic heterocycles. The van der Waals surface area contributed by atoms with E-state index >= 15 is 0 Å². The molecular formula is C26H25NO4S. The minimum absolute atomic E-state index is 0.0208. The van der Waals surface area contributed by atoms with Crippen molar-refractivity contribution in [2.24, 2.45) is 5.92 Å². The molecule has 1 saturated heterocycles. The van der Waals surface area contributed by atoms with E-state index in [-0.39, 0.29) is 28.9 Å². The van der Waals surface area contributed by atoms with Gasteiger partial charge in [-0.15, -0.1) is 0 Å². The second kappa shape index (κ2) is 7.94. The summed E-state index contributed by atoms with van der Waals surface area (Å²) >= 11 is 0. The molecule has 3 aromatic carbocycles. The van der Waals surface area contributed by atoms with Crippen LogP contribution in [0.3, 0.4) is 0 Å². The highest BCUT2D eigenvalue weighted by Crippen LogP contribution is 2.35. The van der Waals surface area contributed by atoms with Crippen molar-refractivity contribution < 1.29 is 18.0 Å². The molecule has 0 unspecified atom stereocenters. The molecule has 0 spiro atoms. The van der Waals surface area contributed by atoms with E-state index in [4.69, 9.17) is 0 Å². The van der Waals surface area contributed by atoms with Crippen molar-refractivity contribution in [1.29, 1.82) is 0 Å².